The van der Waals surface area contributed by atoms with E-state index in [0.29, 0.717) is 76.7 Å². The van der Waals surface area contributed by atoms with Crippen LogP contribution in [-0.2, 0) is 26.2 Å². The number of nitrogen functional groups attached to an aromatic ring is 1. The maximum atomic E-state index is 14.3. The lowest BCUT2D eigenvalue weighted by Crippen LogP contribution is -2.29. The van der Waals surface area contributed by atoms with E-state index >= 15 is 0 Å². The van der Waals surface area contributed by atoms with E-state index in [4.69, 9.17) is 20.7 Å². The lowest BCUT2D eigenvalue weighted by Gasteiger charge is -2.23. The normalized spacial score (nSPS) is 15.3. The number of carbonyl (C=O) groups is 1. The van der Waals surface area contributed by atoms with E-state index in [-0.39, 0.29) is 17.7 Å². The first-order valence-corrected chi connectivity index (χ1v) is 37.7. The van der Waals surface area contributed by atoms with E-state index in [2.05, 4.69) is 193 Å². The molecule has 0 radical (unpaired) electrons. The van der Waals surface area contributed by atoms with E-state index in [0.717, 1.165) is 151 Å². The number of carbonyl (C=O) groups excluding carboxylic acids is 1. The van der Waals surface area contributed by atoms with Gasteiger partial charge >= 0.3 is 0 Å². The van der Waals surface area contributed by atoms with Crippen LogP contribution in [0.4, 0.5) is 33.6 Å². The van der Waals surface area contributed by atoms with Crippen LogP contribution >= 0.6 is 63.7 Å². The van der Waals surface area contributed by atoms with E-state index in [1.807, 2.05) is 44.0 Å². The number of pyridine rings is 1. The fourth-order valence-electron chi connectivity index (χ4n) is 12.8. The average Bonchev–Trinajstić information content (AvgIpc) is 1.70. The highest BCUT2D eigenvalue weighted by Crippen LogP contribution is 2.33. The zero-order valence-electron chi connectivity index (χ0n) is 57.1. The highest BCUT2D eigenvalue weighted by atomic mass is 79.9. The van der Waals surface area contributed by atoms with Crippen molar-refractivity contribution in [2.75, 3.05) is 73.3 Å². The quantitative estimate of drug-likeness (QED) is 0.0405. The molecule has 14 aromatic rings. The van der Waals surface area contributed by atoms with Gasteiger partial charge < -0.3 is 53.3 Å². The molecule has 3 aromatic carbocycles. The third-order valence-corrected chi connectivity index (χ3v) is 20.6. The van der Waals surface area contributed by atoms with Crippen LogP contribution in [0.2, 0.25) is 0 Å². The van der Waals surface area contributed by atoms with Gasteiger partial charge in [0.05, 0.1) is 77.1 Å². The summed E-state index contributed by atoms with van der Waals surface area (Å²) in [6.45, 7) is 8.70. The average molecular weight is 1670 g/mol. The van der Waals surface area contributed by atoms with Gasteiger partial charge in [-0.25, -0.2) is 39.3 Å². The number of imidazole rings is 1. The van der Waals surface area contributed by atoms with Crippen LogP contribution in [-0.4, -0.2) is 136 Å². The maximum absolute atomic E-state index is 14.3. The predicted octanol–water partition coefficient (Wildman–Crippen LogP) is 12.6. The fourth-order valence-corrected chi connectivity index (χ4v) is 14.2. The standard InChI is InChI=1S/C21H17BrFN5O.C19H20BrN7.C17H19BrN6.C16H19BrN8/c1-24-21(29)14-8-6-13(7-9-14)11-25-19-10-18(15-4-2-3-5-17(15)23)27-20-16(22)12-26-28(19)20;20-14-10-25-27-18(8-16(26-19(14)27)13-3-5-21-6-4-13)22-9-12-1-2-15-17(7-12)24-11-23-15;18-14-11-22-24-16(21-9-12-3-1-5-19-8-12)7-15(23-17(14)24)13-4-2-6-20-10-13;17-12-9-23-25-14(20-5-10-6-21-16(18)22-7-10)4-13(24-15(12)25)11-2-1-3-19-8-11/h2-10,12,25H,11H2,1H3,(H,24,29);1-2,7-8,10-11,13,21-22H,3-6,9H2,(H,23,24);1,3,5,7-8,11,13,20-21H,2,4,6,9-10H2;4,6-7,9,11,19-20H,1-3,5,8H2,(H2,18,21,22). The minimum absolute atomic E-state index is 0.128. The number of aromatic amines is 1. The molecule has 0 spiro atoms. The number of amides is 1. The number of piperidine rings is 3. The van der Waals surface area contributed by atoms with Crippen molar-refractivity contribution in [3.63, 3.8) is 0 Å². The molecule has 11 N–H and O–H groups in total. The molecule has 3 aliphatic heterocycles. The predicted molar refractivity (Wildman–Crippen MR) is 419 cm³/mol. The molecule has 0 bridgehead atoms. The Balaban J connectivity index is 0.000000118. The Morgan fingerprint density at radius 3 is 1.54 bits per heavy atom. The molecule has 32 heteroatoms. The van der Waals surface area contributed by atoms with Gasteiger partial charge in [0.15, 0.2) is 22.6 Å². The molecular formula is C73H75Br4FN26O. The van der Waals surface area contributed by atoms with E-state index < -0.39 is 0 Å². The van der Waals surface area contributed by atoms with Gasteiger partial charge in [0, 0.05) is 136 Å². The van der Waals surface area contributed by atoms with Crippen molar-refractivity contribution in [1.82, 2.24) is 105 Å². The minimum atomic E-state index is -0.337. The van der Waals surface area contributed by atoms with Crippen molar-refractivity contribution in [3.05, 3.63) is 228 Å². The molecule has 538 valence electrons. The molecule has 2 atom stereocenters. The van der Waals surface area contributed by atoms with E-state index in [1.165, 1.54) is 30.9 Å². The van der Waals surface area contributed by atoms with Crippen molar-refractivity contribution in [3.8, 4) is 11.3 Å². The van der Waals surface area contributed by atoms with Crippen molar-refractivity contribution in [1.29, 1.82) is 0 Å². The van der Waals surface area contributed by atoms with Crippen molar-refractivity contribution in [2.45, 2.75) is 82.5 Å². The molecule has 2 unspecified atom stereocenters. The van der Waals surface area contributed by atoms with Crippen LogP contribution in [0.25, 0.3) is 44.9 Å². The van der Waals surface area contributed by atoms with Crippen LogP contribution in [0.15, 0.2) is 177 Å². The Morgan fingerprint density at radius 1 is 0.514 bits per heavy atom. The second kappa shape index (κ2) is 33.9. The van der Waals surface area contributed by atoms with Crippen molar-refractivity contribution >= 4 is 132 Å². The number of nitrogens with zero attached hydrogens (tertiary/aromatic N) is 16. The Morgan fingerprint density at radius 2 is 1.02 bits per heavy atom. The zero-order chi connectivity index (χ0) is 72.2. The molecule has 3 aliphatic rings. The van der Waals surface area contributed by atoms with E-state index in [1.54, 1.807) is 97.7 Å². The van der Waals surface area contributed by atoms with Gasteiger partial charge in [-0.15, -0.1) is 0 Å². The van der Waals surface area contributed by atoms with Crippen LogP contribution in [0, 0.1) is 5.82 Å². The Bertz CT molecular complexity index is 5290. The van der Waals surface area contributed by atoms with Crippen LogP contribution < -0.4 is 48.3 Å². The number of benzene rings is 3. The summed E-state index contributed by atoms with van der Waals surface area (Å²) in [5.41, 5.74) is 19.8. The largest absolute Gasteiger partial charge is 0.368 e. The highest BCUT2D eigenvalue weighted by molar-refractivity contribution is 9.11. The van der Waals surface area contributed by atoms with Crippen LogP contribution in [0.1, 0.15) is 106 Å². The van der Waals surface area contributed by atoms with Gasteiger partial charge in [-0.05, 0) is 188 Å². The zero-order valence-corrected chi connectivity index (χ0v) is 63.4. The molecule has 3 fully saturated rings. The van der Waals surface area contributed by atoms with Gasteiger partial charge in [-0.1, -0.05) is 36.4 Å². The van der Waals surface area contributed by atoms with Crippen molar-refractivity contribution < 1.29 is 9.18 Å². The maximum Gasteiger partial charge on any atom is 0.251 e. The third kappa shape index (κ3) is 17.4. The second-order valence-electron chi connectivity index (χ2n) is 25.5. The summed E-state index contributed by atoms with van der Waals surface area (Å²) >= 11 is 14.1. The first-order valence-electron chi connectivity index (χ1n) is 34.5. The molecular weight excluding hydrogens is 1600 g/mol. The lowest BCUT2D eigenvalue weighted by molar-refractivity contribution is 0.0963. The molecule has 3 saturated heterocycles. The van der Waals surface area contributed by atoms with Crippen molar-refractivity contribution in [2.24, 2.45) is 0 Å². The van der Waals surface area contributed by atoms with E-state index in [9.17, 15) is 9.18 Å². The monoisotopic (exact) mass is 1670 g/mol. The molecule has 17 rings (SSSR count). The molecule has 0 saturated carbocycles. The number of nitrogens with one attached hydrogen (secondary N) is 9. The second-order valence-corrected chi connectivity index (χ2v) is 28.9. The number of nitrogens with two attached hydrogens (primary N) is 1. The molecule has 14 heterocycles. The Labute approximate surface area is 636 Å². The smallest absolute Gasteiger partial charge is 0.251 e. The third-order valence-electron chi connectivity index (χ3n) is 18.4. The summed E-state index contributed by atoms with van der Waals surface area (Å²) in [5, 5.41) is 44.3. The summed E-state index contributed by atoms with van der Waals surface area (Å²) in [6, 6.07) is 32.2. The Hall–Kier alpha value is -9.96. The summed E-state index contributed by atoms with van der Waals surface area (Å²) in [5.74, 6) is 4.65. The van der Waals surface area contributed by atoms with Gasteiger partial charge in [-0.3, -0.25) is 9.78 Å². The van der Waals surface area contributed by atoms with Crippen LogP contribution in [0.3, 0.4) is 0 Å². The van der Waals surface area contributed by atoms with Gasteiger partial charge in [0.2, 0.25) is 5.95 Å². The first-order chi connectivity index (χ1) is 51.4. The number of aromatic nitrogens is 17. The number of hydrogen-bond acceptors (Lipinski definition) is 21. The Kier molecular flexibility index (Phi) is 23.2. The number of hydrogen-bond donors (Lipinski definition) is 10. The van der Waals surface area contributed by atoms with Gasteiger partial charge in [0.1, 0.15) is 29.1 Å². The van der Waals surface area contributed by atoms with Gasteiger partial charge in [0.25, 0.3) is 5.91 Å². The summed E-state index contributed by atoms with van der Waals surface area (Å²) in [4.78, 5) is 50.4. The molecule has 27 nitrogen and oxygen atoms in total. The SMILES string of the molecule is Brc1cnn2c(NCc3ccc4nc[nH]c4c3)cc(C3CCNCC3)nc12.Brc1cnn2c(NCc3cccnc3)cc(C3CCCNC3)nc12.CNC(=O)c1ccc(CNc2cc(-c3ccccc3F)nc3c(Br)cnn23)cc1.Nc1ncc(CNc2cc(C3CCCNC3)nc3c(Br)cnn23)cn1. The fraction of sp³-hybridized carbons (Fsp3) is 0.274. The summed E-state index contributed by atoms with van der Waals surface area (Å²) < 4.78 is 24.9. The van der Waals surface area contributed by atoms with Crippen LogP contribution in [0.5, 0.6) is 0 Å². The molecule has 0 aliphatic carbocycles. The number of H-pyrrole nitrogens is 1. The summed E-state index contributed by atoms with van der Waals surface area (Å²) in [7, 11) is 1.60. The topological polar surface area (TPSA) is 327 Å². The molecule has 105 heavy (non-hydrogen) atoms. The number of fused-ring (bicyclic) bond motifs is 5. The number of anilines is 5. The highest BCUT2D eigenvalue weighted by Gasteiger charge is 2.24. The number of rotatable bonds is 17. The molecule has 1 amide bonds. The lowest BCUT2D eigenvalue weighted by atomic mass is 9.94. The summed E-state index contributed by atoms with van der Waals surface area (Å²) in [6.07, 6.45) is 22.7. The minimum Gasteiger partial charge on any atom is -0.368 e. The number of halogens is 5. The first kappa shape index (κ1) is 72.0. The van der Waals surface area contributed by atoms with Gasteiger partial charge in [-0.2, -0.15) is 38.5 Å². The molecule has 11 aromatic heterocycles.